The van der Waals surface area contributed by atoms with Gasteiger partial charge in [0.2, 0.25) is 0 Å². The molecular weight excluding hydrogens is 295 g/mol. The van der Waals surface area contributed by atoms with E-state index < -0.39 is 0 Å². The molecule has 0 saturated heterocycles. The zero-order valence-electron chi connectivity index (χ0n) is 10.6. The van der Waals surface area contributed by atoms with Gasteiger partial charge >= 0.3 is 0 Å². The molecule has 0 spiro atoms. The second-order valence-electron chi connectivity index (χ2n) is 4.04. The summed E-state index contributed by atoms with van der Waals surface area (Å²) in [6, 6.07) is 14.9. The predicted molar refractivity (Wildman–Crippen MR) is 81.3 cm³/mol. The summed E-state index contributed by atoms with van der Waals surface area (Å²) >= 11 is 12.1. The lowest BCUT2D eigenvalue weighted by Gasteiger charge is -2.10. The number of nitriles is 1. The molecule has 0 aromatic heterocycles. The molecule has 0 unspecified atom stereocenters. The molecule has 2 aromatic rings. The minimum absolute atomic E-state index is 0.0313. The molecule has 0 aliphatic rings. The van der Waals surface area contributed by atoms with Crippen LogP contribution >= 0.6 is 23.2 Å². The summed E-state index contributed by atoms with van der Waals surface area (Å²) in [5.41, 5.74) is 1.80. The Morgan fingerprint density at radius 1 is 1.15 bits per heavy atom. The summed E-state index contributed by atoms with van der Waals surface area (Å²) in [5.74, 6) is 0.647. The van der Waals surface area contributed by atoms with Crippen LogP contribution in [0.2, 0.25) is 10.0 Å². The van der Waals surface area contributed by atoms with Gasteiger partial charge in [-0.1, -0.05) is 41.4 Å². The summed E-state index contributed by atoms with van der Waals surface area (Å²) in [6.07, 6.45) is 0. The Labute approximate surface area is 127 Å². The van der Waals surface area contributed by atoms with Gasteiger partial charge in [0.1, 0.15) is 11.8 Å². The molecule has 0 saturated carbocycles. The number of ether oxygens (including phenoxy) is 1. The average molecular weight is 307 g/mol. The fourth-order valence-corrected chi connectivity index (χ4v) is 2.08. The zero-order valence-corrected chi connectivity index (χ0v) is 12.1. The molecule has 2 rings (SSSR count). The first kappa shape index (κ1) is 14.5. The number of anilines is 1. The topological polar surface area (TPSA) is 45.0 Å². The quantitative estimate of drug-likeness (QED) is 0.884. The smallest absolute Gasteiger partial charge is 0.174 e. The molecule has 2 aromatic carbocycles. The second-order valence-corrected chi connectivity index (χ2v) is 4.83. The zero-order chi connectivity index (χ0) is 14.4. The van der Waals surface area contributed by atoms with Gasteiger partial charge in [0.25, 0.3) is 0 Å². The third kappa shape index (κ3) is 3.80. The fraction of sp³-hybridized carbons (Fsp3) is 0.133. The van der Waals surface area contributed by atoms with Crippen molar-refractivity contribution in [2.75, 3.05) is 11.9 Å². The standard InChI is InChI=1S/C15H12Cl2N2O/c16-14-6-1-3-11(15(14)17)10-19-12-4-2-5-13(9-12)20-8-7-18/h1-6,9,19H,8,10H2. The van der Waals surface area contributed by atoms with E-state index in [0.29, 0.717) is 22.3 Å². The van der Waals surface area contributed by atoms with Crippen molar-refractivity contribution >= 4 is 28.9 Å². The van der Waals surface area contributed by atoms with Crippen LogP contribution in [-0.4, -0.2) is 6.61 Å². The molecule has 0 fully saturated rings. The van der Waals surface area contributed by atoms with Crippen LogP contribution in [0.15, 0.2) is 42.5 Å². The molecule has 20 heavy (non-hydrogen) atoms. The van der Waals surface area contributed by atoms with Gasteiger partial charge in [0, 0.05) is 18.3 Å². The van der Waals surface area contributed by atoms with E-state index in [9.17, 15) is 0 Å². The summed E-state index contributed by atoms with van der Waals surface area (Å²) in [6.45, 7) is 0.588. The molecule has 0 amide bonds. The Kier molecular flexibility index (Phi) is 5.11. The van der Waals surface area contributed by atoms with E-state index >= 15 is 0 Å². The number of nitrogens with one attached hydrogen (secondary N) is 1. The largest absolute Gasteiger partial charge is 0.479 e. The van der Waals surface area contributed by atoms with Gasteiger partial charge in [-0.25, -0.2) is 0 Å². The number of hydrogen-bond donors (Lipinski definition) is 1. The van der Waals surface area contributed by atoms with E-state index in [2.05, 4.69) is 5.32 Å². The lowest BCUT2D eigenvalue weighted by Crippen LogP contribution is -2.01. The predicted octanol–water partition coefficient (Wildman–Crippen LogP) is 4.51. The molecule has 0 aliphatic carbocycles. The lowest BCUT2D eigenvalue weighted by atomic mass is 10.2. The minimum atomic E-state index is 0.0313. The van der Waals surface area contributed by atoms with Gasteiger partial charge in [-0.05, 0) is 23.8 Å². The molecule has 3 nitrogen and oxygen atoms in total. The summed E-state index contributed by atoms with van der Waals surface area (Å²) in [4.78, 5) is 0. The highest BCUT2D eigenvalue weighted by Crippen LogP contribution is 2.26. The second kappa shape index (κ2) is 7.04. The molecule has 1 N–H and O–H groups in total. The Balaban J connectivity index is 2.04. The van der Waals surface area contributed by atoms with E-state index in [0.717, 1.165) is 11.3 Å². The average Bonchev–Trinajstić information content (AvgIpc) is 2.47. The van der Waals surface area contributed by atoms with Crippen molar-refractivity contribution in [3.8, 4) is 11.8 Å². The third-order valence-corrected chi connectivity index (χ3v) is 3.51. The van der Waals surface area contributed by atoms with Crippen molar-refractivity contribution in [3.05, 3.63) is 58.1 Å². The maximum absolute atomic E-state index is 8.49. The van der Waals surface area contributed by atoms with E-state index in [4.69, 9.17) is 33.2 Å². The van der Waals surface area contributed by atoms with Crippen LogP contribution in [-0.2, 0) is 6.54 Å². The van der Waals surface area contributed by atoms with E-state index in [-0.39, 0.29) is 6.61 Å². The molecule has 0 atom stereocenters. The van der Waals surface area contributed by atoms with Crippen molar-refractivity contribution in [1.82, 2.24) is 0 Å². The highest BCUT2D eigenvalue weighted by molar-refractivity contribution is 6.42. The monoisotopic (exact) mass is 306 g/mol. The van der Waals surface area contributed by atoms with Crippen molar-refractivity contribution in [3.63, 3.8) is 0 Å². The maximum atomic E-state index is 8.49. The van der Waals surface area contributed by atoms with Gasteiger partial charge in [-0.2, -0.15) is 5.26 Å². The molecule has 5 heteroatoms. The van der Waals surface area contributed by atoms with Crippen LogP contribution in [0.1, 0.15) is 5.56 Å². The first-order valence-electron chi connectivity index (χ1n) is 5.97. The van der Waals surface area contributed by atoms with Gasteiger partial charge in [-0.15, -0.1) is 0 Å². The van der Waals surface area contributed by atoms with Crippen LogP contribution in [0, 0.1) is 11.3 Å². The van der Waals surface area contributed by atoms with Crippen LogP contribution in [0.3, 0.4) is 0 Å². The van der Waals surface area contributed by atoms with E-state index in [1.165, 1.54) is 0 Å². The van der Waals surface area contributed by atoms with Crippen LogP contribution in [0.4, 0.5) is 5.69 Å². The Morgan fingerprint density at radius 3 is 2.75 bits per heavy atom. The molecule has 0 radical (unpaired) electrons. The van der Waals surface area contributed by atoms with Crippen molar-refractivity contribution in [1.29, 1.82) is 5.26 Å². The Bertz CT molecular complexity index is 638. The Hall–Kier alpha value is -1.89. The van der Waals surface area contributed by atoms with Crippen LogP contribution < -0.4 is 10.1 Å². The van der Waals surface area contributed by atoms with E-state index in [1.807, 2.05) is 36.4 Å². The fourth-order valence-electron chi connectivity index (χ4n) is 1.69. The first-order chi connectivity index (χ1) is 9.70. The number of benzene rings is 2. The molecule has 102 valence electrons. The highest BCUT2D eigenvalue weighted by Gasteiger charge is 2.04. The molecule has 0 aliphatic heterocycles. The molecule has 0 heterocycles. The van der Waals surface area contributed by atoms with Gasteiger partial charge in [0.05, 0.1) is 10.0 Å². The van der Waals surface area contributed by atoms with Crippen molar-refractivity contribution < 1.29 is 4.74 Å². The van der Waals surface area contributed by atoms with Crippen LogP contribution in [0.5, 0.6) is 5.75 Å². The number of hydrogen-bond acceptors (Lipinski definition) is 3. The van der Waals surface area contributed by atoms with Crippen LogP contribution in [0.25, 0.3) is 0 Å². The maximum Gasteiger partial charge on any atom is 0.174 e. The van der Waals surface area contributed by atoms with Gasteiger partial charge in [-0.3, -0.25) is 0 Å². The first-order valence-corrected chi connectivity index (χ1v) is 6.73. The van der Waals surface area contributed by atoms with Gasteiger partial charge in [0.15, 0.2) is 6.61 Å². The van der Waals surface area contributed by atoms with Crippen molar-refractivity contribution in [2.45, 2.75) is 6.54 Å². The summed E-state index contributed by atoms with van der Waals surface area (Å²) < 4.78 is 5.24. The number of rotatable bonds is 5. The number of nitrogens with zero attached hydrogens (tertiary/aromatic N) is 1. The highest BCUT2D eigenvalue weighted by atomic mass is 35.5. The number of halogens is 2. The minimum Gasteiger partial charge on any atom is -0.479 e. The Morgan fingerprint density at radius 2 is 1.95 bits per heavy atom. The van der Waals surface area contributed by atoms with E-state index in [1.54, 1.807) is 12.1 Å². The summed E-state index contributed by atoms with van der Waals surface area (Å²) in [5, 5.41) is 12.8. The summed E-state index contributed by atoms with van der Waals surface area (Å²) in [7, 11) is 0. The van der Waals surface area contributed by atoms with Gasteiger partial charge < -0.3 is 10.1 Å². The lowest BCUT2D eigenvalue weighted by molar-refractivity contribution is 0.368. The normalized spacial score (nSPS) is 9.85. The molecular formula is C15H12Cl2N2O. The van der Waals surface area contributed by atoms with Crippen molar-refractivity contribution in [2.24, 2.45) is 0 Å². The molecule has 0 bridgehead atoms. The third-order valence-electron chi connectivity index (χ3n) is 2.65. The SMILES string of the molecule is N#CCOc1cccc(NCc2cccc(Cl)c2Cl)c1.